The minimum Gasteiger partial charge on any atom is -0.383 e. The molecule has 0 aliphatic heterocycles. The second kappa shape index (κ2) is 8.21. The topological polar surface area (TPSA) is 73.1 Å². The first-order chi connectivity index (χ1) is 10.2. The molecule has 2 heterocycles. The maximum Gasteiger partial charge on any atom is 0.228 e. The second-order valence-electron chi connectivity index (χ2n) is 4.68. The highest BCUT2D eigenvalue weighted by Crippen LogP contribution is 2.16. The van der Waals surface area contributed by atoms with Gasteiger partial charge in [0, 0.05) is 30.2 Å². The number of hydrogen-bond acceptors (Lipinski definition) is 6. The van der Waals surface area contributed by atoms with E-state index in [4.69, 9.17) is 9.26 Å². The van der Waals surface area contributed by atoms with Gasteiger partial charge >= 0.3 is 0 Å². The molecule has 0 aliphatic rings. The lowest BCUT2D eigenvalue weighted by Gasteiger charge is -2.15. The first kappa shape index (κ1) is 16.1. The summed E-state index contributed by atoms with van der Waals surface area (Å²) in [5.74, 6) is 1.09. The van der Waals surface area contributed by atoms with Crippen LogP contribution >= 0.6 is 15.9 Å². The van der Waals surface area contributed by atoms with Crippen molar-refractivity contribution < 1.29 is 9.26 Å². The van der Waals surface area contributed by atoms with Crippen molar-refractivity contribution in [3.05, 3.63) is 28.7 Å². The van der Waals surface area contributed by atoms with Crippen LogP contribution in [0.1, 0.15) is 19.2 Å². The fourth-order valence-electron chi connectivity index (χ4n) is 1.90. The van der Waals surface area contributed by atoms with Crippen molar-refractivity contribution in [1.82, 2.24) is 20.4 Å². The molecule has 114 valence electrons. The molecule has 0 radical (unpaired) electrons. The van der Waals surface area contributed by atoms with E-state index in [-0.39, 0.29) is 6.04 Å². The number of rotatable bonds is 8. The third-order valence-corrected chi connectivity index (χ3v) is 3.37. The van der Waals surface area contributed by atoms with Crippen LogP contribution in [0.15, 0.2) is 27.3 Å². The van der Waals surface area contributed by atoms with E-state index >= 15 is 0 Å². The predicted molar refractivity (Wildman–Crippen MR) is 82.9 cm³/mol. The zero-order valence-electron chi connectivity index (χ0n) is 12.2. The van der Waals surface area contributed by atoms with Crippen LogP contribution in [0.25, 0.3) is 11.5 Å². The molecule has 0 aliphatic carbocycles. The summed E-state index contributed by atoms with van der Waals surface area (Å²) in [6.45, 7) is 3.67. The van der Waals surface area contributed by atoms with Crippen molar-refractivity contribution in [3.8, 4) is 11.5 Å². The molecule has 1 atom stereocenters. The smallest absolute Gasteiger partial charge is 0.228 e. The number of nitrogens with zero attached hydrogens (tertiary/aromatic N) is 3. The van der Waals surface area contributed by atoms with Crippen molar-refractivity contribution in [2.75, 3.05) is 20.3 Å². The molecular weight excluding hydrogens is 336 g/mol. The SMILES string of the molecule is CCCNC(COC)Cc1nc(-c2ccc(Br)cn2)no1. The summed E-state index contributed by atoms with van der Waals surface area (Å²) in [5, 5.41) is 7.38. The van der Waals surface area contributed by atoms with Crippen LogP contribution in [0.5, 0.6) is 0 Å². The zero-order valence-corrected chi connectivity index (χ0v) is 13.8. The predicted octanol–water partition coefficient (Wildman–Crippen LogP) is 2.45. The van der Waals surface area contributed by atoms with Gasteiger partial charge in [0.2, 0.25) is 11.7 Å². The van der Waals surface area contributed by atoms with E-state index in [2.05, 4.69) is 43.3 Å². The van der Waals surface area contributed by atoms with E-state index in [0.717, 1.165) is 17.4 Å². The maximum absolute atomic E-state index is 5.30. The average molecular weight is 355 g/mol. The normalized spacial score (nSPS) is 12.5. The van der Waals surface area contributed by atoms with Crippen LogP contribution in [0, 0.1) is 0 Å². The van der Waals surface area contributed by atoms with Gasteiger partial charge < -0.3 is 14.6 Å². The molecule has 6 nitrogen and oxygen atoms in total. The number of halogens is 1. The van der Waals surface area contributed by atoms with Crippen LogP contribution in [0.3, 0.4) is 0 Å². The van der Waals surface area contributed by atoms with Gasteiger partial charge in [-0.15, -0.1) is 0 Å². The van der Waals surface area contributed by atoms with Crippen LogP contribution in [0.2, 0.25) is 0 Å². The molecule has 0 fully saturated rings. The Balaban J connectivity index is 2.02. The summed E-state index contributed by atoms with van der Waals surface area (Å²) in [7, 11) is 1.69. The van der Waals surface area contributed by atoms with Crippen molar-refractivity contribution in [1.29, 1.82) is 0 Å². The monoisotopic (exact) mass is 354 g/mol. The highest BCUT2D eigenvalue weighted by Gasteiger charge is 2.15. The van der Waals surface area contributed by atoms with Crippen LogP contribution in [-0.4, -0.2) is 41.4 Å². The van der Waals surface area contributed by atoms with E-state index < -0.39 is 0 Å². The van der Waals surface area contributed by atoms with Gasteiger partial charge in [0.25, 0.3) is 0 Å². The molecule has 21 heavy (non-hydrogen) atoms. The molecule has 2 aromatic rings. The summed E-state index contributed by atoms with van der Waals surface area (Å²) >= 11 is 3.35. The van der Waals surface area contributed by atoms with Gasteiger partial charge in [-0.1, -0.05) is 12.1 Å². The van der Waals surface area contributed by atoms with Gasteiger partial charge in [-0.3, -0.25) is 4.98 Å². The van der Waals surface area contributed by atoms with Gasteiger partial charge in [-0.2, -0.15) is 4.98 Å². The van der Waals surface area contributed by atoms with Gasteiger partial charge in [0.05, 0.1) is 6.61 Å². The summed E-state index contributed by atoms with van der Waals surface area (Å²) in [5.41, 5.74) is 0.693. The quantitative estimate of drug-likeness (QED) is 0.784. The Morgan fingerprint density at radius 1 is 1.43 bits per heavy atom. The fourth-order valence-corrected chi connectivity index (χ4v) is 2.13. The number of pyridine rings is 1. The Morgan fingerprint density at radius 3 is 2.95 bits per heavy atom. The Bertz CT molecular complexity index is 544. The second-order valence-corrected chi connectivity index (χ2v) is 5.60. The lowest BCUT2D eigenvalue weighted by Crippen LogP contribution is -2.35. The molecule has 2 rings (SSSR count). The van der Waals surface area contributed by atoms with E-state index in [1.165, 1.54) is 0 Å². The van der Waals surface area contributed by atoms with E-state index in [0.29, 0.717) is 30.4 Å². The molecule has 0 aromatic carbocycles. The van der Waals surface area contributed by atoms with Gasteiger partial charge in [0.15, 0.2) is 0 Å². The van der Waals surface area contributed by atoms with Crippen LogP contribution in [-0.2, 0) is 11.2 Å². The lowest BCUT2D eigenvalue weighted by molar-refractivity contribution is 0.161. The van der Waals surface area contributed by atoms with E-state index in [1.807, 2.05) is 12.1 Å². The van der Waals surface area contributed by atoms with Crippen LogP contribution < -0.4 is 5.32 Å². The minimum absolute atomic E-state index is 0.168. The molecule has 0 saturated heterocycles. The summed E-state index contributed by atoms with van der Waals surface area (Å²) in [4.78, 5) is 8.64. The lowest BCUT2D eigenvalue weighted by atomic mass is 10.2. The zero-order chi connectivity index (χ0) is 15.1. The molecule has 0 saturated carbocycles. The summed E-state index contributed by atoms with van der Waals surface area (Å²) in [6, 6.07) is 3.91. The summed E-state index contributed by atoms with van der Waals surface area (Å²) in [6.07, 6.45) is 3.41. The molecule has 0 amide bonds. The maximum atomic E-state index is 5.30. The first-order valence-electron chi connectivity index (χ1n) is 6.89. The molecule has 7 heteroatoms. The number of methoxy groups -OCH3 is 1. The third-order valence-electron chi connectivity index (χ3n) is 2.90. The molecular formula is C14H19BrN4O2. The average Bonchev–Trinajstić information content (AvgIpc) is 2.94. The highest BCUT2D eigenvalue weighted by molar-refractivity contribution is 9.10. The van der Waals surface area contributed by atoms with E-state index in [9.17, 15) is 0 Å². The third kappa shape index (κ3) is 4.87. The first-order valence-corrected chi connectivity index (χ1v) is 7.69. The van der Waals surface area contributed by atoms with Crippen LogP contribution in [0.4, 0.5) is 0 Å². The number of nitrogens with one attached hydrogen (secondary N) is 1. The fraction of sp³-hybridized carbons (Fsp3) is 0.500. The van der Waals surface area contributed by atoms with Crippen molar-refractivity contribution >= 4 is 15.9 Å². The molecule has 1 N–H and O–H groups in total. The standard InChI is InChI=1S/C14H19BrN4O2/c1-3-6-16-11(9-20-2)7-13-18-14(19-21-13)12-5-4-10(15)8-17-12/h4-5,8,11,16H,3,6-7,9H2,1-2H3. The van der Waals surface area contributed by atoms with Crippen molar-refractivity contribution in [2.24, 2.45) is 0 Å². The number of aromatic nitrogens is 3. The Kier molecular flexibility index (Phi) is 6.28. The number of ether oxygens (including phenoxy) is 1. The summed E-state index contributed by atoms with van der Waals surface area (Å²) < 4.78 is 11.4. The van der Waals surface area contributed by atoms with Gasteiger partial charge in [-0.25, -0.2) is 0 Å². The highest BCUT2D eigenvalue weighted by atomic mass is 79.9. The van der Waals surface area contributed by atoms with Crippen molar-refractivity contribution in [2.45, 2.75) is 25.8 Å². The molecule has 1 unspecified atom stereocenters. The van der Waals surface area contributed by atoms with Crippen molar-refractivity contribution in [3.63, 3.8) is 0 Å². The Hall–Kier alpha value is -1.31. The Labute approximate surface area is 132 Å². The van der Waals surface area contributed by atoms with Gasteiger partial charge in [0.1, 0.15) is 5.69 Å². The largest absolute Gasteiger partial charge is 0.383 e. The molecule has 0 spiro atoms. The van der Waals surface area contributed by atoms with E-state index in [1.54, 1.807) is 13.3 Å². The molecule has 0 bridgehead atoms. The number of hydrogen-bond donors (Lipinski definition) is 1. The van der Waals surface area contributed by atoms with Gasteiger partial charge in [-0.05, 0) is 41.0 Å². The Morgan fingerprint density at radius 2 is 2.29 bits per heavy atom. The minimum atomic E-state index is 0.168. The molecule has 2 aromatic heterocycles.